The number of anilines is 1. The molecule has 2 aliphatic rings. The fourth-order valence-corrected chi connectivity index (χ4v) is 6.40. The predicted octanol–water partition coefficient (Wildman–Crippen LogP) is 6.23. The number of benzene rings is 3. The molecule has 1 aromatic heterocycles. The molecule has 1 aliphatic carbocycles. The zero-order chi connectivity index (χ0) is 21.5. The zero-order valence-electron chi connectivity index (χ0n) is 18.0. The minimum Gasteiger partial charge on any atom is -0.383 e. The van der Waals surface area contributed by atoms with Crippen molar-refractivity contribution in [2.24, 2.45) is 0 Å². The third-order valence-electron chi connectivity index (χ3n) is 6.67. The summed E-state index contributed by atoms with van der Waals surface area (Å²) >= 11 is 1.87. The second-order valence-corrected chi connectivity index (χ2v) is 9.91. The highest BCUT2D eigenvalue weighted by molar-refractivity contribution is 7.99. The molecule has 1 fully saturated rings. The van der Waals surface area contributed by atoms with Gasteiger partial charge in [-0.05, 0) is 64.8 Å². The normalized spacial score (nSPS) is 17.4. The molecule has 0 saturated heterocycles. The second kappa shape index (κ2) is 8.18. The number of aromatic nitrogens is 1. The van der Waals surface area contributed by atoms with Gasteiger partial charge in [0.2, 0.25) is 0 Å². The quantitative estimate of drug-likeness (QED) is 0.387. The van der Waals surface area contributed by atoms with Gasteiger partial charge in [0, 0.05) is 24.1 Å². The average Bonchev–Trinajstić information content (AvgIpc) is 3.57. The third kappa shape index (κ3) is 3.63. The number of hydrogen-bond donors (Lipinski definition) is 1. The Hall–Kier alpha value is -2.98. The summed E-state index contributed by atoms with van der Waals surface area (Å²) in [5.74, 6) is 1.56. The van der Waals surface area contributed by atoms with E-state index in [1.807, 2.05) is 36.0 Å². The topological polar surface area (TPSA) is 34.0 Å². The predicted molar refractivity (Wildman–Crippen MR) is 134 cm³/mol. The van der Waals surface area contributed by atoms with E-state index >= 15 is 0 Å². The number of nitrogens with one attached hydrogen (secondary N) is 1. The van der Waals surface area contributed by atoms with Gasteiger partial charge in [0.1, 0.15) is 0 Å². The van der Waals surface area contributed by atoms with Crippen molar-refractivity contribution in [2.45, 2.75) is 36.2 Å². The van der Waals surface area contributed by atoms with E-state index in [-0.39, 0.29) is 11.6 Å². The molecule has 3 nitrogen and oxygen atoms in total. The van der Waals surface area contributed by atoms with Crippen molar-refractivity contribution in [1.82, 2.24) is 4.57 Å². The maximum atomic E-state index is 13.3. The summed E-state index contributed by atoms with van der Waals surface area (Å²) < 4.78 is 2.07. The molecular weight excluding hydrogens is 412 g/mol. The van der Waals surface area contributed by atoms with E-state index in [2.05, 4.69) is 64.5 Å². The fourth-order valence-electron chi connectivity index (χ4n) is 4.96. The van der Waals surface area contributed by atoms with Gasteiger partial charge in [-0.15, -0.1) is 11.8 Å². The van der Waals surface area contributed by atoms with E-state index in [1.54, 1.807) is 0 Å². The van der Waals surface area contributed by atoms with Gasteiger partial charge < -0.3 is 5.32 Å². The van der Waals surface area contributed by atoms with Gasteiger partial charge >= 0.3 is 0 Å². The summed E-state index contributed by atoms with van der Waals surface area (Å²) in [6.45, 7) is 0.775. The Balaban J connectivity index is 1.36. The van der Waals surface area contributed by atoms with Crippen LogP contribution in [-0.2, 0) is 6.42 Å². The van der Waals surface area contributed by atoms with Gasteiger partial charge in [0.15, 0.2) is 0 Å². The van der Waals surface area contributed by atoms with Crippen LogP contribution in [0.5, 0.6) is 0 Å². The van der Waals surface area contributed by atoms with E-state index in [0.717, 1.165) is 24.4 Å². The second-order valence-electron chi connectivity index (χ2n) is 8.90. The summed E-state index contributed by atoms with van der Waals surface area (Å²) in [7, 11) is 0. The summed E-state index contributed by atoms with van der Waals surface area (Å²) in [6.07, 6.45) is 3.30. The van der Waals surface area contributed by atoms with Crippen LogP contribution in [0.1, 0.15) is 41.5 Å². The molecule has 160 valence electrons. The largest absolute Gasteiger partial charge is 0.383 e. The van der Waals surface area contributed by atoms with Crippen LogP contribution in [0.2, 0.25) is 0 Å². The lowest BCUT2D eigenvalue weighted by molar-refractivity contribution is 0.534. The Morgan fingerprint density at radius 2 is 1.69 bits per heavy atom. The van der Waals surface area contributed by atoms with Gasteiger partial charge in [-0.2, -0.15) is 0 Å². The molecule has 1 saturated carbocycles. The maximum Gasteiger partial charge on any atom is 0.252 e. The molecule has 32 heavy (non-hydrogen) atoms. The van der Waals surface area contributed by atoms with E-state index in [0.29, 0.717) is 5.92 Å². The number of nitrogens with zero attached hydrogens (tertiary/aromatic N) is 1. The molecule has 1 N–H and O–H groups in total. The molecule has 6 rings (SSSR count). The summed E-state index contributed by atoms with van der Waals surface area (Å²) in [4.78, 5) is 13.3. The highest BCUT2D eigenvalue weighted by Gasteiger charge is 2.35. The molecule has 3 aromatic carbocycles. The van der Waals surface area contributed by atoms with Crippen molar-refractivity contribution in [3.63, 3.8) is 0 Å². The Morgan fingerprint density at radius 1 is 0.906 bits per heavy atom. The zero-order valence-corrected chi connectivity index (χ0v) is 18.8. The van der Waals surface area contributed by atoms with Gasteiger partial charge in [-0.25, -0.2) is 0 Å². The number of fused-ring (bicyclic) bond motifs is 2. The molecule has 0 bridgehead atoms. The minimum absolute atomic E-state index is 0.143. The van der Waals surface area contributed by atoms with Crippen molar-refractivity contribution in [2.75, 3.05) is 17.6 Å². The van der Waals surface area contributed by atoms with Gasteiger partial charge in [-0.3, -0.25) is 9.36 Å². The lowest BCUT2D eigenvalue weighted by atomic mass is 9.95. The number of para-hydroxylation sites is 1. The first-order chi connectivity index (χ1) is 15.8. The lowest BCUT2D eigenvalue weighted by Crippen LogP contribution is -2.29. The maximum absolute atomic E-state index is 13.3. The molecule has 0 spiro atoms. The van der Waals surface area contributed by atoms with Crippen LogP contribution < -0.4 is 10.9 Å². The first-order valence-corrected chi connectivity index (χ1v) is 12.4. The van der Waals surface area contributed by atoms with Crippen molar-refractivity contribution < 1.29 is 0 Å². The summed E-state index contributed by atoms with van der Waals surface area (Å²) in [5, 5.41) is 7.29. The smallest absolute Gasteiger partial charge is 0.252 e. The van der Waals surface area contributed by atoms with Crippen LogP contribution in [0.3, 0.4) is 0 Å². The fraction of sp³-hybridized carbons (Fsp3) is 0.250. The average molecular weight is 439 g/mol. The van der Waals surface area contributed by atoms with Crippen LogP contribution in [0, 0.1) is 0 Å². The number of thioether (sulfide) groups is 1. The molecule has 0 radical (unpaired) electrons. The Kier molecular flexibility index (Phi) is 5.03. The number of pyridine rings is 1. The number of hydrogen-bond acceptors (Lipinski definition) is 3. The van der Waals surface area contributed by atoms with E-state index in [1.165, 1.54) is 45.3 Å². The van der Waals surface area contributed by atoms with Crippen LogP contribution >= 0.6 is 11.8 Å². The summed E-state index contributed by atoms with van der Waals surface area (Å²) in [6, 6.07) is 27.4. The van der Waals surface area contributed by atoms with Crippen LogP contribution in [0.25, 0.3) is 10.8 Å². The van der Waals surface area contributed by atoms with Gasteiger partial charge in [0.25, 0.3) is 5.56 Å². The van der Waals surface area contributed by atoms with Crippen molar-refractivity contribution in [3.05, 3.63) is 106 Å². The molecular formula is C28H26N2OS. The molecule has 2 heterocycles. The van der Waals surface area contributed by atoms with Gasteiger partial charge in [0.05, 0.1) is 11.1 Å². The first kappa shape index (κ1) is 19.7. The van der Waals surface area contributed by atoms with Crippen LogP contribution in [0.15, 0.2) is 88.7 Å². The van der Waals surface area contributed by atoms with E-state index < -0.39 is 0 Å². The third-order valence-corrected chi connectivity index (χ3v) is 7.91. The van der Waals surface area contributed by atoms with E-state index in [4.69, 9.17) is 0 Å². The lowest BCUT2D eigenvalue weighted by Gasteiger charge is -2.19. The number of rotatable bonds is 6. The van der Waals surface area contributed by atoms with Crippen LogP contribution in [-0.4, -0.2) is 16.9 Å². The highest BCUT2D eigenvalue weighted by atomic mass is 32.2. The minimum atomic E-state index is 0.143. The van der Waals surface area contributed by atoms with Crippen LogP contribution in [0.4, 0.5) is 5.69 Å². The molecule has 0 amide bonds. The SMILES string of the molecule is O=c1cc(Cc2cccc3ccccc23)c(C2CC2)c2n1C(CNc1ccccc1)CS2. The first-order valence-electron chi connectivity index (χ1n) is 11.4. The van der Waals surface area contributed by atoms with E-state index in [9.17, 15) is 4.79 Å². The Labute approximate surface area is 192 Å². The molecule has 1 aliphatic heterocycles. The standard InChI is InChI=1S/C28H26N2OS/c31-26-16-22(15-21-9-6-8-19-7-4-5-12-25(19)21)27(20-13-14-20)28-30(26)24(18-32-28)17-29-23-10-2-1-3-11-23/h1-12,16,20,24,29H,13-15,17-18H2. The Morgan fingerprint density at radius 3 is 2.53 bits per heavy atom. The molecule has 4 heteroatoms. The highest BCUT2D eigenvalue weighted by Crippen LogP contribution is 2.48. The van der Waals surface area contributed by atoms with Crippen molar-refractivity contribution in [1.29, 1.82) is 0 Å². The Bertz CT molecular complexity index is 1340. The monoisotopic (exact) mass is 438 g/mol. The summed E-state index contributed by atoms with van der Waals surface area (Å²) in [5.41, 5.74) is 5.21. The van der Waals surface area contributed by atoms with Crippen molar-refractivity contribution >= 4 is 28.2 Å². The molecule has 1 unspecified atom stereocenters. The molecule has 1 atom stereocenters. The van der Waals surface area contributed by atoms with Crippen molar-refractivity contribution in [3.8, 4) is 0 Å². The molecule has 4 aromatic rings. The van der Waals surface area contributed by atoms with Gasteiger partial charge in [-0.1, -0.05) is 60.7 Å².